The normalized spacial score (nSPS) is 12.3. The van der Waals surface area contributed by atoms with Crippen LogP contribution in [0.25, 0.3) is 11.2 Å². The molecule has 1 atom stereocenters. The number of hydrogen-bond donors (Lipinski definition) is 0. The molecule has 3 aromatic rings. The summed E-state index contributed by atoms with van der Waals surface area (Å²) in [4.78, 5) is 42.9. The van der Waals surface area contributed by atoms with Gasteiger partial charge in [-0.25, -0.2) is 9.78 Å². The highest BCUT2D eigenvalue weighted by atomic mass is 16.2. The number of imidazole rings is 1. The largest absolute Gasteiger partial charge is 0.339 e. The van der Waals surface area contributed by atoms with E-state index in [1.54, 1.807) is 29.9 Å². The van der Waals surface area contributed by atoms with Gasteiger partial charge in [0.2, 0.25) is 5.91 Å². The third kappa shape index (κ3) is 3.49. The Morgan fingerprint density at radius 3 is 2.50 bits per heavy atom. The van der Waals surface area contributed by atoms with Crippen LogP contribution in [0.4, 0.5) is 0 Å². The zero-order chi connectivity index (χ0) is 20.4. The quantitative estimate of drug-likeness (QED) is 0.645. The lowest BCUT2D eigenvalue weighted by Gasteiger charge is -2.25. The fraction of sp³-hybridized carbons (Fsp3) is 0.400. The number of aryl methyl sites for hydroxylation is 2. The maximum atomic E-state index is 12.6. The number of rotatable bonds is 6. The van der Waals surface area contributed by atoms with Gasteiger partial charge < -0.3 is 9.47 Å². The summed E-state index contributed by atoms with van der Waals surface area (Å²) in [6, 6.07) is 9.88. The molecule has 0 N–H and O–H groups in total. The lowest BCUT2D eigenvalue weighted by Crippen LogP contribution is -2.37. The van der Waals surface area contributed by atoms with Crippen molar-refractivity contribution in [2.24, 2.45) is 14.1 Å². The standard InChI is InChI=1S/C20H25N5O3/c1-14(15-9-6-5-7-10-15)22(2)16(26)11-8-12-25-13-21-18-17(25)19(27)24(4)20(28)23(18)3/h5-7,9-10,13-14H,8,11-12H2,1-4H3. The van der Waals surface area contributed by atoms with Gasteiger partial charge in [0.15, 0.2) is 11.2 Å². The summed E-state index contributed by atoms with van der Waals surface area (Å²) in [7, 11) is 4.84. The summed E-state index contributed by atoms with van der Waals surface area (Å²) in [6.45, 7) is 2.48. The van der Waals surface area contributed by atoms with Crippen molar-refractivity contribution >= 4 is 17.1 Å². The highest BCUT2D eigenvalue weighted by Gasteiger charge is 2.18. The summed E-state index contributed by atoms with van der Waals surface area (Å²) in [5.74, 6) is 0.0427. The zero-order valence-corrected chi connectivity index (χ0v) is 16.6. The molecule has 0 fully saturated rings. The molecule has 8 nitrogen and oxygen atoms in total. The summed E-state index contributed by atoms with van der Waals surface area (Å²) >= 11 is 0. The molecule has 0 aliphatic heterocycles. The summed E-state index contributed by atoms with van der Waals surface area (Å²) in [5, 5.41) is 0. The molecule has 2 aromatic heterocycles. The molecule has 0 aliphatic carbocycles. The number of aromatic nitrogens is 4. The number of nitrogens with zero attached hydrogens (tertiary/aromatic N) is 5. The Morgan fingerprint density at radius 2 is 1.82 bits per heavy atom. The third-order valence-corrected chi connectivity index (χ3v) is 5.26. The van der Waals surface area contributed by atoms with Crippen molar-refractivity contribution in [1.29, 1.82) is 0 Å². The van der Waals surface area contributed by atoms with Crippen LogP contribution < -0.4 is 11.2 Å². The van der Waals surface area contributed by atoms with Gasteiger partial charge in [-0.15, -0.1) is 0 Å². The number of amides is 1. The van der Waals surface area contributed by atoms with Gasteiger partial charge in [0.25, 0.3) is 5.56 Å². The summed E-state index contributed by atoms with van der Waals surface area (Å²) in [6.07, 6.45) is 2.48. The van der Waals surface area contributed by atoms with Crippen LogP contribution in [-0.2, 0) is 25.4 Å². The molecule has 0 aliphatic rings. The first-order valence-corrected chi connectivity index (χ1v) is 9.24. The van der Waals surface area contributed by atoms with Crippen molar-refractivity contribution in [3.05, 3.63) is 63.1 Å². The zero-order valence-electron chi connectivity index (χ0n) is 16.6. The minimum Gasteiger partial charge on any atom is -0.339 e. The fourth-order valence-electron chi connectivity index (χ4n) is 3.31. The van der Waals surface area contributed by atoms with Crippen LogP contribution in [0.2, 0.25) is 0 Å². The summed E-state index contributed by atoms with van der Waals surface area (Å²) in [5.41, 5.74) is 1.03. The minimum absolute atomic E-state index is 0.00964. The van der Waals surface area contributed by atoms with E-state index < -0.39 is 5.69 Å². The second-order valence-electron chi connectivity index (χ2n) is 7.01. The predicted molar refractivity (Wildman–Crippen MR) is 107 cm³/mol. The van der Waals surface area contributed by atoms with E-state index in [1.165, 1.54) is 11.6 Å². The average Bonchev–Trinajstić information content (AvgIpc) is 3.14. The van der Waals surface area contributed by atoms with E-state index >= 15 is 0 Å². The fourth-order valence-corrected chi connectivity index (χ4v) is 3.31. The predicted octanol–water partition coefficient (Wildman–Crippen LogP) is 1.43. The van der Waals surface area contributed by atoms with Crippen LogP contribution in [0.3, 0.4) is 0 Å². The van der Waals surface area contributed by atoms with Crippen molar-refractivity contribution in [3.8, 4) is 0 Å². The molecule has 0 spiro atoms. The number of carbonyl (C=O) groups is 1. The first-order valence-electron chi connectivity index (χ1n) is 9.24. The highest BCUT2D eigenvalue weighted by molar-refractivity contribution is 5.76. The molecular formula is C20H25N5O3. The molecule has 2 heterocycles. The van der Waals surface area contributed by atoms with Gasteiger partial charge in [0.05, 0.1) is 12.4 Å². The minimum atomic E-state index is -0.408. The SMILES string of the molecule is CC(c1ccccc1)N(C)C(=O)CCCn1cnc2c1c(=O)n(C)c(=O)n2C. The Bertz CT molecular complexity index is 1110. The van der Waals surface area contributed by atoms with Gasteiger partial charge in [-0.2, -0.15) is 0 Å². The molecule has 1 amide bonds. The van der Waals surface area contributed by atoms with Crippen LogP contribution >= 0.6 is 0 Å². The molecule has 148 valence electrons. The van der Waals surface area contributed by atoms with Crippen LogP contribution in [0, 0.1) is 0 Å². The molecule has 0 bridgehead atoms. The Hall–Kier alpha value is -3.16. The van der Waals surface area contributed by atoms with Gasteiger partial charge in [0, 0.05) is 34.1 Å². The lowest BCUT2D eigenvalue weighted by atomic mass is 10.1. The number of benzene rings is 1. The second kappa shape index (κ2) is 7.84. The van der Waals surface area contributed by atoms with Gasteiger partial charge >= 0.3 is 5.69 Å². The molecule has 3 rings (SSSR count). The Balaban J connectivity index is 1.69. The maximum Gasteiger partial charge on any atom is 0.332 e. The van der Waals surface area contributed by atoms with E-state index in [4.69, 9.17) is 0 Å². The number of hydrogen-bond acceptors (Lipinski definition) is 4. The van der Waals surface area contributed by atoms with E-state index in [0.29, 0.717) is 30.6 Å². The molecule has 0 saturated heterocycles. The van der Waals surface area contributed by atoms with Crippen molar-refractivity contribution in [3.63, 3.8) is 0 Å². The topological polar surface area (TPSA) is 82.1 Å². The van der Waals surface area contributed by atoms with Crippen LogP contribution in [0.15, 0.2) is 46.2 Å². The Labute approximate surface area is 162 Å². The molecule has 1 aromatic carbocycles. The van der Waals surface area contributed by atoms with Gasteiger partial charge in [-0.05, 0) is 18.9 Å². The Morgan fingerprint density at radius 1 is 1.14 bits per heavy atom. The highest BCUT2D eigenvalue weighted by Crippen LogP contribution is 2.19. The van der Waals surface area contributed by atoms with Gasteiger partial charge in [-0.1, -0.05) is 30.3 Å². The average molecular weight is 383 g/mol. The molecular weight excluding hydrogens is 358 g/mol. The van der Waals surface area contributed by atoms with Crippen LogP contribution in [0.1, 0.15) is 31.4 Å². The number of fused-ring (bicyclic) bond motifs is 1. The van der Waals surface area contributed by atoms with Crippen LogP contribution in [0.5, 0.6) is 0 Å². The van der Waals surface area contributed by atoms with E-state index in [1.807, 2.05) is 37.3 Å². The van der Waals surface area contributed by atoms with Crippen molar-refractivity contribution in [2.45, 2.75) is 32.4 Å². The van der Waals surface area contributed by atoms with E-state index in [-0.39, 0.29) is 17.5 Å². The first-order chi connectivity index (χ1) is 13.3. The Kier molecular flexibility index (Phi) is 5.48. The molecule has 28 heavy (non-hydrogen) atoms. The summed E-state index contributed by atoms with van der Waals surface area (Å²) < 4.78 is 4.14. The molecule has 1 unspecified atom stereocenters. The molecule has 0 saturated carbocycles. The van der Waals surface area contributed by atoms with Crippen molar-refractivity contribution in [2.75, 3.05) is 7.05 Å². The number of carbonyl (C=O) groups excluding carboxylic acids is 1. The van der Waals surface area contributed by atoms with E-state index in [0.717, 1.165) is 10.1 Å². The van der Waals surface area contributed by atoms with E-state index in [2.05, 4.69) is 4.98 Å². The van der Waals surface area contributed by atoms with Gasteiger partial charge in [0.1, 0.15) is 0 Å². The molecule has 0 radical (unpaired) electrons. The van der Waals surface area contributed by atoms with Crippen molar-refractivity contribution in [1.82, 2.24) is 23.6 Å². The van der Waals surface area contributed by atoms with Crippen LogP contribution in [-0.4, -0.2) is 36.5 Å². The lowest BCUT2D eigenvalue weighted by molar-refractivity contribution is -0.131. The smallest absolute Gasteiger partial charge is 0.332 e. The molecule has 8 heteroatoms. The third-order valence-electron chi connectivity index (χ3n) is 5.26. The maximum absolute atomic E-state index is 12.6. The first kappa shape index (κ1) is 19.6. The van der Waals surface area contributed by atoms with E-state index in [9.17, 15) is 14.4 Å². The van der Waals surface area contributed by atoms with Gasteiger partial charge in [-0.3, -0.25) is 18.7 Å². The second-order valence-corrected chi connectivity index (χ2v) is 7.01. The van der Waals surface area contributed by atoms with Crippen molar-refractivity contribution < 1.29 is 4.79 Å². The monoisotopic (exact) mass is 383 g/mol.